The van der Waals surface area contributed by atoms with Crippen LogP contribution in [0, 0.1) is 0 Å². The van der Waals surface area contributed by atoms with Gasteiger partial charge in [0.15, 0.2) is 6.10 Å². The van der Waals surface area contributed by atoms with Crippen LogP contribution in [0.2, 0.25) is 0 Å². The molecule has 28 heavy (non-hydrogen) atoms. The molecule has 0 fully saturated rings. The van der Waals surface area contributed by atoms with Gasteiger partial charge in [-0.1, -0.05) is 91.0 Å². The van der Waals surface area contributed by atoms with Gasteiger partial charge in [0.2, 0.25) is 0 Å². The molecule has 3 aromatic rings. The summed E-state index contributed by atoms with van der Waals surface area (Å²) in [5, 5.41) is 20.1. The van der Waals surface area contributed by atoms with Crippen molar-refractivity contribution in [2.45, 2.75) is 31.7 Å². The van der Waals surface area contributed by atoms with Crippen molar-refractivity contribution in [2.24, 2.45) is 0 Å². The molecular formula is C24H25NO3. The topological polar surface area (TPSA) is 60.8 Å². The van der Waals surface area contributed by atoms with E-state index in [0.29, 0.717) is 19.5 Å². The van der Waals surface area contributed by atoms with E-state index in [1.165, 1.54) is 0 Å². The lowest BCUT2D eigenvalue weighted by Gasteiger charge is -2.34. The third-order valence-corrected chi connectivity index (χ3v) is 4.83. The van der Waals surface area contributed by atoms with Crippen LogP contribution in [0.25, 0.3) is 0 Å². The molecule has 0 aliphatic rings. The lowest BCUT2D eigenvalue weighted by atomic mass is 9.98. The van der Waals surface area contributed by atoms with Crippen LogP contribution in [-0.4, -0.2) is 33.2 Å². The third kappa shape index (κ3) is 5.52. The van der Waals surface area contributed by atoms with Gasteiger partial charge in [0, 0.05) is 13.1 Å². The average molecular weight is 375 g/mol. The Kier molecular flexibility index (Phi) is 6.95. The number of nitrogens with zero attached hydrogens (tertiary/aromatic N) is 1. The van der Waals surface area contributed by atoms with E-state index in [1.807, 2.05) is 91.0 Å². The Hall–Kier alpha value is -2.95. The maximum atomic E-state index is 11.7. The predicted molar refractivity (Wildman–Crippen MR) is 110 cm³/mol. The van der Waals surface area contributed by atoms with E-state index in [9.17, 15) is 15.0 Å². The second-order valence-corrected chi connectivity index (χ2v) is 6.92. The molecule has 144 valence electrons. The second kappa shape index (κ2) is 9.83. The smallest absolute Gasteiger partial charge is 0.334 e. The predicted octanol–water partition coefficient (Wildman–Crippen LogP) is 3.75. The van der Waals surface area contributed by atoms with Crippen molar-refractivity contribution in [1.29, 1.82) is 0 Å². The van der Waals surface area contributed by atoms with E-state index in [-0.39, 0.29) is 0 Å². The summed E-state index contributed by atoms with van der Waals surface area (Å²) >= 11 is 0. The first kappa shape index (κ1) is 19.8. The highest BCUT2D eigenvalue weighted by Crippen LogP contribution is 2.19. The zero-order chi connectivity index (χ0) is 19.8. The molecule has 4 heteroatoms. The lowest BCUT2D eigenvalue weighted by Crippen LogP contribution is -2.47. The molecule has 2 atom stereocenters. The van der Waals surface area contributed by atoms with Crippen LogP contribution in [0.5, 0.6) is 0 Å². The lowest BCUT2D eigenvalue weighted by molar-refractivity contribution is -0.151. The van der Waals surface area contributed by atoms with Crippen LogP contribution in [0.4, 0.5) is 0 Å². The molecule has 0 aliphatic carbocycles. The van der Waals surface area contributed by atoms with Gasteiger partial charge >= 0.3 is 5.97 Å². The van der Waals surface area contributed by atoms with E-state index in [4.69, 9.17) is 0 Å². The summed E-state index contributed by atoms with van der Waals surface area (Å²) in [6.07, 6.45) is -1.03. The van der Waals surface area contributed by atoms with Gasteiger partial charge in [0.05, 0.1) is 6.04 Å². The summed E-state index contributed by atoms with van der Waals surface area (Å²) in [5.41, 5.74) is 3.15. The molecule has 0 bridgehead atoms. The Morgan fingerprint density at radius 3 is 1.50 bits per heavy atom. The standard InChI is InChI=1S/C24H25NO3/c26-23(24(27)28)22(16-19-10-4-1-5-11-19)25(17-20-12-6-2-7-13-20)18-21-14-8-3-9-15-21/h1-15,22-23,26H,16-18H2,(H,27,28)/t22-,23-/m0/s1. The molecular weight excluding hydrogens is 350 g/mol. The summed E-state index contributed by atoms with van der Waals surface area (Å²) in [7, 11) is 0. The van der Waals surface area contributed by atoms with Crippen LogP contribution >= 0.6 is 0 Å². The van der Waals surface area contributed by atoms with Crippen molar-refractivity contribution in [1.82, 2.24) is 4.90 Å². The van der Waals surface area contributed by atoms with Crippen LogP contribution in [0.3, 0.4) is 0 Å². The highest BCUT2D eigenvalue weighted by Gasteiger charge is 2.31. The molecule has 0 radical (unpaired) electrons. The molecule has 0 amide bonds. The summed E-state index contributed by atoms with van der Waals surface area (Å²) in [5.74, 6) is -1.20. The summed E-state index contributed by atoms with van der Waals surface area (Å²) in [4.78, 5) is 13.7. The van der Waals surface area contributed by atoms with E-state index in [2.05, 4.69) is 4.90 Å². The van der Waals surface area contributed by atoms with Gasteiger partial charge < -0.3 is 10.2 Å². The van der Waals surface area contributed by atoms with Gasteiger partial charge in [0.1, 0.15) is 0 Å². The number of hydrogen-bond donors (Lipinski definition) is 2. The van der Waals surface area contributed by atoms with Crippen molar-refractivity contribution in [3.63, 3.8) is 0 Å². The first-order valence-corrected chi connectivity index (χ1v) is 9.40. The minimum Gasteiger partial charge on any atom is -0.479 e. The normalized spacial score (nSPS) is 13.2. The highest BCUT2D eigenvalue weighted by atomic mass is 16.4. The highest BCUT2D eigenvalue weighted by molar-refractivity contribution is 5.73. The monoisotopic (exact) mass is 375 g/mol. The van der Waals surface area contributed by atoms with Crippen LogP contribution in [-0.2, 0) is 24.3 Å². The molecule has 0 saturated heterocycles. The fourth-order valence-corrected chi connectivity index (χ4v) is 3.39. The van der Waals surface area contributed by atoms with Gasteiger partial charge in [-0.05, 0) is 23.1 Å². The van der Waals surface area contributed by atoms with Gasteiger partial charge in [0.25, 0.3) is 0 Å². The first-order valence-electron chi connectivity index (χ1n) is 9.40. The number of benzene rings is 3. The zero-order valence-electron chi connectivity index (χ0n) is 15.7. The Balaban J connectivity index is 1.92. The SMILES string of the molecule is O=C(O)[C@@H](O)[C@H](Cc1ccccc1)N(Cc1ccccc1)Cc1ccccc1. The van der Waals surface area contributed by atoms with Crippen molar-refractivity contribution in [3.8, 4) is 0 Å². The average Bonchev–Trinajstić information content (AvgIpc) is 2.73. The number of rotatable bonds is 9. The molecule has 0 saturated carbocycles. The Labute approximate surface area is 165 Å². The molecule has 0 unspecified atom stereocenters. The fraction of sp³-hybridized carbons (Fsp3) is 0.208. The fourth-order valence-electron chi connectivity index (χ4n) is 3.39. The van der Waals surface area contributed by atoms with E-state index >= 15 is 0 Å². The van der Waals surface area contributed by atoms with Crippen molar-refractivity contribution < 1.29 is 15.0 Å². The second-order valence-electron chi connectivity index (χ2n) is 6.92. The number of aliphatic carboxylic acids is 1. The van der Waals surface area contributed by atoms with Crippen molar-refractivity contribution in [3.05, 3.63) is 108 Å². The van der Waals surface area contributed by atoms with Crippen LogP contribution in [0.15, 0.2) is 91.0 Å². The number of hydrogen-bond acceptors (Lipinski definition) is 3. The van der Waals surface area contributed by atoms with Crippen molar-refractivity contribution >= 4 is 5.97 Å². The van der Waals surface area contributed by atoms with E-state index < -0.39 is 18.1 Å². The number of carboxylic acids is 1. The zero-order valence-corrected chi connectivity index (χ0v) is 15.7. The minimum absolute atomic E-state index is 0.452. The molecule has 2 N–H and O–H groups in total. The quantitative estimate of drug-likeness (QED) is 0.598. The maximum absolute atomic E-state index is 11.7. The Morgan fingerprint density at radius 2 is 1.11 bits per heavy atom. The Morgan fingerprint density at radius 1 is 0.714 bits per heavy atom. The molecule has 0 aliphatic heterocycles. The Bertz CT molecular complexity index is 811. The summed E-state index contributed by atoms with van der Waals surface area (Å²) in [6, 6.07) is 29.0. The molecule has 0 heterocycles. The largest absolute Gasteiger partial charge is 0.479 e. The first-order chi connectivity index (χ1) is 13.6. The van der Waals surface area contributed by atoms with Crippen LogP contribution < -0.4 is 0 Å². The van der Waals surface area contributed by atoms with Crippen LogP contribution in [0.1, 0.15) is 16.7 Å². The maximum Gasteiger partial charge on any atom is 0.334 e. The van der Waals surface area contributed by atoms with E-state index in [1.54, 1.807) is 0 Å². The molecule has 0 spiro atoms. The molecule has 3 rings (SSSR count). The van der Waals surface area contributed by atoms with Gasteiger partial charge in [-0.15, -0.1) is 0 Å². The van der Waals surface area contributed by atoms with Gasteiger partial charge in [-0.2, -0.15) is 0 Å². The number of aliphatic hydroxyl groups excluding tert-OH is 1. The number of aliphatic hydroxyl groups is 1. The molecule has 4 nitrogen and oxygen atoms in total. The van der Waals surface area contributed by atoms with Gasteiger partial charge in [-0.3, -0.25) is 4.90 Å². The summed E-state index contributed by atoms with van der Waals surface area (Å²) in [6.45, 7) is 1.11. The third-order valence-electron chi connectivity index (χ3n) is 4.83. The van der Waals surface area contributed by atoms with Crippen molar-refractivity contribution in [2.75, 3.05) is 0 Å². The number of carbonyl (C=O) groups is 1. The molecule has 3 aromatic carbocycles. The number of carboxylic acid groups (broad SMARTS) is 1. The van der Waals surface area contributed by atoms with E-state index in [0.717, 1.165) is 16.7 Å². The molecule has 0 aromatic heterocycles. The van der Waals surface area contributed by atoms with Gasteiger partial charge in [-0.25, -0.2) is 4.79 Å². The minimum atomic E-state index is -1.48. The summed E-state index contributed by atoms with van der Waals surface area (Å²) < 4.78 is 0.